The molecule has 0 amide bonds. The minimum atomic E-state index is -4.40. The third kappa shape index (κ3) is 1.63. The molecule has 11 heavy (non-hydrogen) atoms. The van der Waals surface area contributed by atoms with Gasteiger partial charge in [0.25, 0.3) is 0 Å². The van der Waals surface area contributed by atoms with Crippen molar-refractivity contribution >= 4 is 5.69 Å². The van der Waals surface area contributed by atoms with E-state index in [1.165, 1.54) is 12.1 Å². The van der Waals surface area contributed by atoms with Gasteiger partial charge in [0.1, 0.15) is 0 Å². The summed E-state index contributed by atoms with van der Waals surface area (Å²) in [5.41, 5.74) is 5.53. The molecule has 0 aliphatic rings. The average molecular weight is 160 g/mol. The zero-order valence-corrected chi connectivity index (χ0v) is 5.44. The highest BCUT2D eigenvalue weighted by Crippen LogP contribution is 2.33. The molecule has 0 bridgehead atoms. The maximum absolute atomic E-state index is 11.9. The second kappa shape index (κ2) is 2.45. The number of rotatable bonds is 0. The van der Waals surface area contributed by atoms with Crippen molar-refractivity contribution in [2.75, 3.05) is 0 Å². The number of benzene rings is 1. The Morgan fingerprint density at radius 3 is 2.00 bits per heavy atom. The van der Waals surface area contributed by atoms with Crippen molar-refractivity contribution in [2.45, 2.75) is 6.18 Å². The van der Waals surface area contributed by atoms with Crippen LogP contribution in [0.5, 0.6) is 0 Å². The van der Waals surface area contributed by atoms with Crippen molar-refractivity contribution in [2.24, 2.45) is 0 Å². The molecule has 1 radical (unpaired) electrons. The summed E-state index contributed by atoms with van der Waals surface area (Å²) in [6, 6.07) is 4.67. The van der Waals surface area contributed by atoms with Gasteiger partial charge in [-0.3, -0.25) is 0 Å². The number of hydrogen-bond acceptors (Lipinski definition) is 0. The van der Waals surface area contributed by atoms with Crippen molar-refractivity contribution in [3.8, 4) is 0 Å². The first kappa shape index (κ1) is 7.91. The van der Waals surface area contributed by atoms with Gasteiger partial charge in [0.15, 0.2) is 0 Å². The van der Waals surface area contributed by atoms with E-state index in [2.05, 4.69) is 0 Å². The van der Waals surface area contributed by atoms with E-state index in [-0.39, 0.29) is 0 Å². The van der Waals surface area contributed by atoms with Gasteiger partial charge < -0.3 is 5.73 Å². The normalized spacial score (nSPS) is 11.5. The Labute approximate surface area is 61.6 Å². The van der Waals surface area contributed by atoms with E-state index in [4.69, 9.17) is 5.73 Å². The van der Waals surface area contributed by atoms with Gasteiger partial charge >= 0.3 is 6.18 Å². The van der Waals surface area contributed by atoms with Crippen LogP contribution in [0.2, 0.25) is 0 Å². The molecule has 0 unspecified atom stereocenters. The maximum Gasteiger partial charge on any atom is 0.418 e. The first-order valence-electron chi connectivity index (χ1n) is 2.89. The molecule has 4 heteroatoms. The second-order valence-electron chi connectivity index (χ2n) is 2.04. The van der Waals surface area contributed by atoms with Crippen molar-refractivity contribution in [3.05, 3.63) is 29.8 Å². The van der Waals surface area contributed by atoms with Crippen LogP contribution in [0, 0.1) is 0 Å². The Kier molecular flexibility index (Phi) is 1.76. The molecule has 0 aliphatic heterocycles. The molecule has 1 nitrogen and oxygen atoms in total. The molecule has 0 saturated carbocycles. The zero-order chi connectivity index (χ0) is 8.48. The summed E-state index contributed by atoms with van der Waals surface area (Å²) < 4.78 is 35.8. The third-order valence-corrected chi connectivity index (χ3v) is 1.23. The molecule has 1 aromatic carbocycles. The molecule has 0 spiro atoms. The van der Waals surface area contributed by atoms with E-state index in [1.807, 2.05) is 0 Å². The Bertz CT molecular complexity index is 254. The van der Waals surface area contributed by atoms with Gasteiger partial charge in [0.2, 0.25) is 0 Å². The predicted octanol–water partition coefficient (Wildman–Crippen LogP) is 2.62. The summed E-state index contributed by atoms with van der Waals surface area (Å²) in [5, 5.41) is 0. The molecule has 1 rings (SSSR count). The highest BCUT2D eigenvalue weighted by atomic mass is 19.4. The zero-order valence-electron chi connectivity index (χ0n) is 5.44. The van der Waals surface area contributed by atoms with Crippen LogP contribution in [0.3, 0.4) is 0 Å². The second-order valence-corrected chi connectivity index (χ2v) is 2.04. The number of halogens is 3. The fraction of sp³-hybridized carbons (Fsp3) is 0.143. The van der Waals surface area contributed by atoms with Gasteiger partial charge in [-0.1, -0.05) is 12.1 Å². The lowest BCUT2D eigenvalue weighted by molar-refractivity contribution is -0.137. The Morgan fingerprint density at radius 2 is 1.64 bits per heavy atom. The molecule has 0 aliphatic carbocycles. The summed E-state index contributed by atoms with van der Waals surface area (Å²) in [6.45, 7) is 0. The average Bonchev–Trinajstić information content (AvgIpc) is 1.86. The monoisotopic (exact) mass is 160 g/mol. The maximum atomic E-state index is 11.9. The molecule has 0 heterocycles. The van der Waals surface area contributed by atoms with E-state index in [0.717, 1.165) is 12.1 Å². The summed E-state index contributed by atoms with van der Waals surface area (Å²) in [6.07, 6.45) is -4.40. The van der Waals surface area contributed by atoms with Crippen LogP contribution >= 0.6 is 0 Å². The van der Waals surface area contributed by atoms with E-state index in [9.17, 15) is 13.2 Å². The molecule has 0 atom stereocenters. The van der Waals surface area contributed by atoms with Gasteiger partial charge in [-0.2, -0.15) is 13.2 Å². The minimum absolute atomic E-state index is 0.486. The van der Waals surface area contributed by atoms with Crippen LogP contribution in [0.25, 0.3) is 0 Å². The number of alkyl halides is 3. The van der Waals surface area contributed by atoms with Crippen LogP contribution in [0.15, 0.2) is 24.3 Å². The highest BCUT2D eigenvalue weighted by molar-refractivity contribution is 5.44. The lowest BCUT2D eigenvalue weighted by Crippen LogP contribution is -2.05. The van der Waals surface area contributed by atoms with E-state index >= 15 is 0 Å². The Morgan fingerprint density at radius 1 is 1.09 bits per heavy atom. The van der Waals surface area contributed by atoms with Crippen LogP contribution in [-0.2, 0) is 6.18 Å². The van der Waals surface area contributed by atoms with Gasteiger partial charge in [-0.25, -0.2) is 0 Å². The summed E-state index contributed by atoms with van der Waals surface area (Å²) >= 11 is 0. The van der Waals surface area contributed by atoms with Crippen LogP contribution in [0.4, 0.5) is 18.9 Å². The topological polar surface area (TPSA) is 23.8 Å². The van der Waals surface area contributed by atoms with Gasteiger partial charge in [-0.05, 0) is 12.1 Å². The summed E-state index contributed by atoms with van der Waals surface area (Å²) in [4.78, 5) is 0. The molecule has 1 N–H and O–H groups in total. The summed E-state index contributed by atoms with van der Waals surface area (Å²) in [7, 11) is 0. The van der Waals surface area contributed by atoms with E-state index in [1.54, 1.807) is 0 Å². The third-order valence-electron chi connectivity index (χ3n) is 1.23. The molecule has 1 aromatic rings. The fourth-order valence-electron chi connectivity index (χ4n) is 0.730. The smallest absolute Gasteiger partial charge is 0.300 e. The first-order chi connectivity index (χ1) is 5.02. The van der Waals surface area contributed by atoms with E-state index < -0.39 is 17.4 Å². The molecule has 59 valence electrons. The van der Waals surface area contributed by atoms with Gasteiger partial charge in [-0.15, -0.1) is 0 Å². The Hall–Kier alpha value is -1.19. The van der Waals surface area contributed by atoms with Crippen molar-refractivity contribution in [1.29, 1.82) is 0 Å². The van der Waals surface area contributed by atoms with Crippen molar-refractivity contribution in [3.63, 3.8) is 0 Å². The SMILES string of the molecule is [NH]c1ccccc1C(F)(F)F. The van der Waals surface area contributed by atoms with Gasteiger partial charge in [0.05, 0.1) is 11.3 Å². The fourth-order valence-corrected chi connectivity index (χ4v) is 0.730. The van der Waals surface area contributed by atoms with Crippen LogP contribution < -0.4 is 5.73 Å². The van der Waals surface area contributed by atoms with Crippen molar-refractivity contribution < 1.29 is 13.2 Å². The molecular weight excluding hydrogens is 155 g/mol. The summed E-state index contributed by atoms with van der Waals surface area (Å²) in [5.74, 6) is 0. The number of hydrogen-bond donors (Lipinski definition) is 0. The highest BCUT2D eigenvalue weighted by Gasteiger charge is 2.32. The quantitative estimate of drug-likeness (QED) is 0.557. The standard InChI is InChI=1S/C7H5F3N/c8-7(9,10)5-3-1-2-4-6(5)11/h1-4,11H. The predicted molar refractivity (Wildman–Crippen MR) is 34.2 cm³/mol. The Balaban J connectivity index is 3.14. The van der Waals surface area contributed by atoms with E-state index in [0.29, 0.717) is 0 Å². The largest absolute Gasteiger partial charge is 0.418 e. The molecular formula is C7H5F3N. The van der Waals surface area contributed by atoms with Crippen LogP contribution in [-0.4, -0.2) is 0 Å². The lowest BCUT2D eigenvalue weighted by Gasteiger charge is -2.07. The molecule has 0 fully saturated rings. The number of nitrogens with one attached hydrogen (secondary N) is 1. The van der Waals surface area contributed by atoms with Crippen LogP contribution in [0.1, 0.15) is 5.56 Å². The minimum Gasteiger partial charge on any atom is -0.300 e. The molecule has 0 saturated heterocycles. The van der Waals surface area contributed by atoms with Gasteiger partial charge in [0, 0.05) is 0 Å². The molecule has 0 aromatic heterocycles. The first-order valence-corrected chi connectivity index (χ1v) is 2.89. The lowest BCUT2D eigenvalue weighted by atomic mass is 10.2. The van der Waals surface area contributed by atoms with Crippen molar-refractivity contribution in [1.82, 2.24) is 5.73 Å².